The molecule has 27 heavy (non-hydrogen) atoms. The molecule has 0 saturated heterocycles. The van der Waals surface area contributed by atoms with Crippen molar-refractivity contribution in [1.82, 2.24) is 0 Å². The zero-order chi connectivity index (χ0) is 19.4. The van der Waals surface area contributed by atoms with Gasteiger partial charge in [-0.3, -0.25) is 0 Å². The second-order valence-corrected chi connectivity index (χ2v) is 5.84. The molecule has 0 amide bonds. The maximum Gasteiger partial charge on any atom is 0.513 e. The number of hydrogen-bond donors (Lipinski definition) is 0. The zero-order valence-electron chi connectivity index (χ0n) is 14.8. The summed E-state index contributed by atoms with van der Waals surface area (Å²) in [6.07, 6.45) is -1.68. The van der Waals surface area contributed by atoms with Crippen molar-refractivity contribution in [3.63, 3.8) is 0 Å². The van der Waals surface area contributed by atoms with Gasteiger partial charge >= 0.3 is 12.3 Å². The van der Waals surface area contributed by atoms with Gasteiger partial charge in [0.2, 0.25) is 0 Å². The number of carbonyl (C=O) groups excluding carboxylic acids is 2. The summed E-state index contributed by atoms with van der Waals surface area (Å²) in [6.45, 7) is 3.72. The Labute approximate surface area is 160 Å². The van der Waals surface area contributed by atoms with Gasteiger partial charge in [-0.2, -0.15) is 0 Å². The van der Waals surface area contributed by atoms with Gasteiger partial charge in [0.05, 0.1) is 18.2 Å². The predicted octanol–water partition coefficient (Wildman–Crippen LogP) is 5.72. The Bertz CT molecular complexity index is 1010. The number of ether oxygens (including phenoxy) is 4. The highest BCUT2D eigenvalue weighted by Crippen LogP contribution is 2.45. The Morgan fingerprint density at radius 1 is 0.778 bits per heavy atom. The highest BCUT2D eigenvalue weighted by atomic mass is 35.5. The number of hydrogen-bond acceptors (Lipinski definition) is 6. The highest BCUT2D eigenvalue weighted by Gasteiger charge is 2.22. The average Bonchev–Trinajstić information content (AvgIpc) is 2.65. The third-order valence-corrected chi connectivity index (χ3v) is 4.11. The van der Waals surface area contributed by atoms with E-state index in [1.807, 2.05) is 0 Å². The fourth-order valence-corrected chi connectivity index (χ4v) is 3.04. The van der Waals surface area contributed by atoms with E-state index in [0.29, 0.717) is 26.6 Å². The van der Waals surface area contributed by atoms with Crippen molar-refractivity contribution in [3.05, 3.63) is 47.5 Å². The predicted molar refractivity (Wildman–Crippen MR) is 102 cm³/mol. The molecule has 0 N–H and O–H groups in total. The SMILES string of the molecule is CCOC(=O)Oc1c2ccccc2c(OC(=O)OCC)c2c(Cl)cccc12. The van der Waals surface area contributed by atoms with E-state index in [9.17, 15) is 9.59 Å². The van der Waals surface area contributed by atoms with Crippen LogP contribution in [0.3, 0.4) is 0 Å². The topological polar surface area (TPSA) is 71.1 Å². The van der Waals surface area contributed by atoms with Gasteiger partial charge in [-0.05, 0) is 19.9 Å². The van der Waals surface area contributed by atoms with Gasteiger partial charge in [0, 0.05) is 21.5 Å². The first-order valence-corrected chi connectivity index (χ1v) is 8.76. The summed E-state index contributed by atoms with van der Waals surface area (Å²) in [5.41, 5.74) is 0. The van der Waals surface area contributed by atoms with Gasteiger partial charge in [0.25, 0.3) is 0 Å². The van der Waals surface area contributed by atoms with Crippen LogP contribution in [0.5, 0.6) is 11.5 Å². The summed E-state index contributed by atoms with van der Waals surface area (Å²) >= 11 is 6.39. The molecule has 0 atom stereocenters. The van der Waals surface area contributed by atoms with E-state index in [0.717, 1.165) is 0 Å². The van der Waals surface area contributed by atoms with Crippen LogP contribution in [0.25, 0.3) is 21.5 Å². The van der Waals surface area contributed by atoms with Crippen molar-refractivity contribution in [3.8, 4) is 11.5 Å². The van der Waals surface area contributed by atoms with E-state index in [1.54, 1.807) is 56.3 Å². The molecule has 0 aliphatic rings. The highest BCUT2D eigenvalue weighted by molar-refractivity contribution is 6.37. The first-order valence-electron chi connectivity index (χ1n) is 8.38. The molecule has 7 heteroatoms. The quantitative estimate of drug-likeness (QED) is 0.323. The standard InChI is InChI=1S/C20H17ClO6/c1-3-24-19(22)26-17-12-8-5-6-9-13(12)18(27-20(23)25-4-2)16-14(17)10-7-11-15(16)21/h5-11H,3-4H2,1-2H3. The molecule has 0 saturated carbocycles. The van der Waals surface area contributed by atoms with Gasteiger partial charge in [0.1, 0.15) is 0 Å². The van der Waals surface area contributed by atoms with Gasteiger partial charge in [-0.25, -0.2) is 9.59 Å². The Morgan fingerprint density at radius 2 is 1.30 bits per heavy atom. The van der Waals surface area contributed by atoms with E-state index in [4.69, 9.17) is 30.5 Å². The van der Waals surface area contributed by atoms with Crippen LogP contribution in [-0.2, 0) is 9.47 Å². The van der Waals surface area contributed by atoms with Crippen LogP contribution in [-0.4, -0.2) is 25.5 Å². The molecule has 0 spiro atoms. The van der Waals surface area contributed by atoms with Crippen LogP contribution >= 0.6 is 11.6 Å². The van der Waals surface area contributed by atoms with Crippen LogP contribution in [0, 0.1) is 0 Å². The molecule has 0 unspecified atom stereocenters. The molecule has 3 aromatic rings. The Kier molecular flexibility index (Phi) is 5.66. The monoisotopic (exact) mass is 388 g/mol. The lowest BCUT2D eigenvalue weighted by molar-refractivity contribution is 0.103. The van der Waals surface area contributed by atoms with Crippen LogP contribution in [0.2, 0.25) is 5.02 Å². The lowest BCUT2D eigenvalue weighted by atomic mass is 10.0. The zero-order valence-corrected chi connectivity index (χ0v) is 15.5. The second-order valence-electron chi connectivity index (χ2n) is 5.44. The van der Waals surface area contributed by atoms with Gasteiger partial charge in [-0.1, -0.05) is 48.0 Å². The molecule has 0 aliphatic heterocycles. The molecular formula is C20H17ClO6. The molecule has 0 heterocycles. The van der Waals surface area contributed by atoms with E-state index in [2.05, 4.69) is 0 Å². The summed E-state index contributed by atoms with van der Waals surface area (Å²) in [6, 6.07) is 12.1. The summed E-state index contributed by atoms with van der Waals surface area (Å²) in [7, 11) is 0. The lowest BCUT2D eigenvalue weighted by Crippen LogP contribution is -2.12. The number of benzene rings is 3. The van der Waals surface area contributed by atoms with Crippen LogP contribution in [0.1, 0.15) is 13.8 Å². The maximum atomic E-state index is 12.0. The maximum absolute atomic E-state index is 12.0. The number of fused-ring (bicyclic) bond motifs is 2. The molecule has 0 radical (unpaired) electrons. The third kappa shape index (κ3) is 3.75. The smallest absolute Gasteiger partial charge is 0.434 e. The van der Waals surface area contributed by atoms with Crippen molar-refractivity contribution in [2.75, 3.05) is 13.2 Å². The van der Waals surface area contributed by atoms with Crippen LogP contribution in [0.4, 0.5) is 9.59 Å². The summed E-state index contributed by atoms with van der Waals surface area (Å²) in [4.78, 5) is 23.9. The van der Waals surface area contributed by atoms with Gasteiger partial charge < -0.3 is 18.9 Å². The fourth-order valence-electron chi connectivity index (χ4n) is 2.78. The molecular weight excluding hydrogens is 372 g/mol. The first kappa shape index (κ1) is 18.8. The van der Waals surface area contributed by atoms with Crippen molar-refractivity contribution in [2.45, 2.75) is 13.8 Å². The van der Waals surface area contributed by atoms with Crippen LogP contribution < -0.4 is 9.47 Å². The summed E-state index contributed by atoms with van der Waals surface area (Å²) in [5, 5.41) is 2.40. The van der Waals surface area contributed by atoms with Gasteiger partial charge in [-0.15, -0.1) is 0 Å². The summed E-state index contributed by atoms with van der Waals surface area (Å²) in [5.74, 6) is 0.513. The molecule has 0 bridgehead atoms. The molecule has 3 aromatic carbocycles. The Morgan fingerprint density at radius 3 is 1.89 bits per heavy atom. The molecule has 0 aliphatic carbocycles. The Hall–Kier alpha value is -2.99. The normalized spacial score (nSPS) is 10.6. The van der Waals surface area contributed by atoms with Gasteiger partial charge in [0.15, 0.2) is 11.5 Å². The minimum Gasteiger partial charge on any atom is -0.434 e. The van der Waals surface area contributed by atoms with Crippen molar-refractivity contribution < 1.29 is 28.5 Å². The number of carbonyl (C=O) groups is 2. The average molecular weight is 389 g/mol. The number of halogens is 1. The first-order chi connectivity index (χ1) is 13.1. The van der Waals surface area contributed by atoms with Crippen LogP contribution in [0.15, 0.2) is 42.5 Å². The molecule has 6 nitrogen and oxygen atoms in total. The van der Waals surface area contributed by atoms with Crippen molar-refractivity contribution >= 4 is 45.5 Å². The molecule has 140 valence electrons. The van der Waals surface area contributed by atoms with E-state index >= 15 is 0 Å². The number of rotatable bonds is 4. The minimum atomic E-state index is -0.845. The second kappa shape index (κ2) is 8.14. The summed E-state index contributed by atoms with van der Waals surface area (Å²) < 4.78 is 20.7. The molecule has 0 fully saturated rings. The Balaban J connectivity index is 2.31. The lowest BCUT2D eigenvalue weighted by Gasteiger charge is -2.16. The van der Waals surface area contributed by atoms with E-state index in [-0.39, 0.29) is 24.7 Å². The van der Waals surface area contributed by atoms with Crippen molar-refractivity contribution in [1.29, 1.82) is 0 Å². The largest absolute Gasteiger partial charge is 0.513 e. The molecule has 0 aromatic heterocycles. The minimum absolute atomic E-state index is 0.173. The van der Waals surface area contributed by atoms with E-state index < -0.39 is 12.3 Å². The fraction of sp³-hybridized carbons (Fsp3) is 0.200. The molecule has 3 rings (SSSR count). The van der Waals surface area contributed by atoms with E-state index in [1.165, 1.54) is 0 Å². The third-order valence-electron chi connectivity index (χ3n) is 3.80. The van der Waals surface area contributed by atoms with Crippen molar-refractivity contribution in [2.24, 2.45) is 0 Å².